The van der Waals surface area contributed by atoms with Gasteiger partial charge in [-0.3, -0.25) is 14.7 Å². The Bertz CT molecular complexity index is 907. The third-order valence-corrected chi connectivity index (χ3v) is 6.70. The first-order chi connectivity index (χ1) is 15.5. The largest absolute Gasteiger partial charge is 0.378 e. The SMILES string of the molecule is CNN(c1ccc(Cl)cc1)c1cc(C)ccc1CN1CCC(C(=O)N2CCOCC2)CC1. The van der Waals surface area contributed by atoms with E-state index < -0.39 is 0 Å². The summed E-state index contributed by atoms with van der Waals surface area (Å²) >= 11 is 6.10. The third kappa shape index (κ3) is 5.44. The fourth-order valence-corrected chi connectivity index (χ4v) is 4.74. The standard InChI is InChI=1S/C25H33ClN4O2/c1-19-3-4-21(24(17-19)30(27-2)23-7-5-22(26)6-8-23)18-28-11-9-20(10-12-28)25(31)29-13-15-32-16-14-29/h3-8,17,20,27H,9-16,18H2,1-2H3. The molecule has 32 heavy (non-hydrogen) atoms. The molecule has 1 N–H and O–H groups in total. The molecule has 0 saturated carbocycles. The molecule has 6 nitrogen and oxygen atoms in total. The first-order valence-electron chi connectivity index (χ1n) is 11.5. The van der Waals surface area contributed by atoms with Crippen molar-refractivity contribution in [1.29, 1.82) is 0 Å². The number of hydrogen-bond donors (Lipinski definition) is 1. The Hall–Kier alpha value is -2.12. The summed E-state index contributed by atoms with van der Waals surface area (Å²) in [6.07, 6.45) is 1.84. The number of hydrazine groups is 1. The second-order valence-corrected chi connectivity index (χ2v) is 9.09. The van der Waals surface area contributed by atoms with Crippen LogP contribution in [0.5, 0.6) is 0 Å². The molecule has 0 aliphatic carbocycles. The molecule has 172 valence electrons. The number of nitrogens with zero attached hydrogens (tertiary/aromatic N) is 3. The van der Waals surface area contributed by atoms with Crippen molar-refractivity contribution in [2.24, 2.45) is 5.92 Å². The van der Waals surface area contributed by atoms with Gasteiger partial charge < -0.3 is 9.64 Å². The van der Waals surface area contributed by atoms with Crippen LogP contribution in [-0.2, 0) is 16.1 Å². The molecule has 0 atom stereocenters. The molecule has 4 rings (SSSR count). The highest BCUT2D eigenvalue weighted by atomic mass is 35.5. The number of anilines is 2. The van der Waals surface area contributed by atoms with Crippen molar-refractivity contribution in [2.75, 3.05) is 51.4 Å². The van der Waals surface area contributed by atoms with Crippen LogP contribution < -0.4 is 10.4 Å². The molecule has 0 radical (unpaired) electrons. The van der Waals surface area contributed by atoms with Gasteiger partial charge in [0.1, 0.15) is 0 Å². The van der Waals surface area contributed by atoms with Crippen molar-refractivity contribution in [2.45, 2.75) is 26.3 Å². The molecule has 2 aliphatic heterocycles. The number of piperidine rings is 1. The number of nitrogens with one attached hydrogen (secondary N) is 1. The fourth-order valence-electron chi connectivity index (χ4n) is 4.62. The molecule has 7 heteroatoms. The van der Waals surface area contributed by atoms with Crippen LogP contribution in [0.4, 0.5) is 11.4 Å². The number of carbonyl (C=O) groups is 1. The highest BCUT2D eigenvalue weighted by molar-refractivity contribution is 6.30. The van der Waals surface area contributed by atoms with E-state index in [9.17, 15) is 4.79 Å². The van der Waals surface area contributed by atoms with Gasteiger partial charge in [0.2, 0.25) is 5.91 Å². The molecule has 2 heterocycles. The molecule has 2 aromatic rings. The van der Waals surface area contributed by atoms with E-state index in [1.807, 2.05) is 36.2 Å². The summed E-state index contributed by atoms with van der Waals surface area (Å²) in [5.74, 6) is 0.456. The van der Waals surface area contributed by atoms with Gasteiger partial charge in [-0.1, -0.05) is 23.7 Å². The van der Waals surface area contributed by atoms with Gasteiger partial charge in [0, 0.05) is 37.6 Å². The fraction of sp³-hybridized carbons (Fsp3) is 0.480. The van der Waals surface area contributed by atoms with Crippen molar-refractivity contribution >= 4 is 28.9 Å². The quantitative estimate of drug-likeness (QED) is 0.666. The van der Waals surface area contributed by atoms with E-state index in [0.29, 0.717) is 19.1 Å². The predicted octanol–water partition coefficient (Wildman–Crippen LogP) is 3.99. The van der Waals surface area contributed by atoms with Crippen LogP contribution >= 0.6 is 11.6 Å². The number of aryl methyl sites for hydroxylation is 1. The number of halogens is 1. The molecule has 0 unspecified atom stereocenters. The van der Waals surface area contributed by atoms with Gasteiger partial charge in [0.05, 0.1) is 24.6 Å². The zero-order valence-corrected chi connectivity index (χ0v) is 19.8. The van der Waals surface area contributed by atoms with Crippen LogP contribution in [0.3, 0.4) is 0 Å². The molecule has 2 saturated heterocycles. The Balaban J connectivity index is 1.43. The summed E-state index contributed by atoms with van der Waals surface area (Å²) in [4.78, 5) is 17.3. The lowest BCUT2D eigenvalue weighted by atomic mass is 9.94. The van der Waals surface area contributed by atoms with Gasteiger partial charge in [0.25, 0.3) is 0 Å². The molecule has 2 fully saturated rings. The Morgan fingerprint density at radius 3 is 2.44 bits per heavy atom. The summed E-state index contributed by atoms with van der Waals surface area (Å²) in [6, 6.07) is 14.5. The molecular weight excluding hydrogens is 424 g/mol. The lowest BCUT2D eigenvalue weighted by Crippen LogP contribution is -2.46. The van der Waals surface area contributed by atoms with Gasteiger partial charge >= 0.3 is 0 Å². The number of hydrogen-bond acceptors (Lipinski definition) is 5. The zero-order chi connectivity index (χ0) is 22.5. The third-order valence-electron chi connectivity index (χ3n) is 6.44. The van der Waals surface area contributed by atoms with Crippen LogP contribution in [0, 0.1) is 12.8 Å². The lowest BCUT2D eigenvalue weighted by Gasteiger charge is -2.36. The first-order valence-corrected chi connectivity index (χ1v) is 11.8. The van der Waals surface area contributed by atoms with Crippen LogP contribution in [0.15, 0.2) is 42.5 Å². The highest BCUT2D eigenvalue weighted by Gasteiger charge is 2.29. The first kappa shape index (κ1) is 23.1. The Kier molecular flexibility index (Phi) is 7.68. The number of carbonyl (C=O) groups excluding carboxylic acids is 1. The summed E-state index contributed by atoms with van der Waals surface area (Å²) in [5.41, 5.74) is 7.99. The van der Waals surface area contributed by atoms with E-state index in [2.05, 4.69) is 40.5 Å². The zero-order valence-electron chi connectivity index (χ0n) is 19.0. The van der Waals surface area contributed by atoms with Crippen LogP contribution in [0.1, 0.15) is 24.0 Å². The highest BCUT2D eigenvalue weighted by Crippen LogP contribution is 2.31. The Labute approximate surface area is 196 Å². The smallest absolute Gasteiger partial charge is 0.225 e. The molecule has 0 spiro atoms. The van der Waals surface area contributed by atoms with Crippen LogP contribution in [-0.4, -0.2) is 62.1 Å². The summed E-state index contributed by atoms with van der Waals surface area (Å²) in [7, 11) is 1.93. The van der Waals surface area contributed by atoms with E-state index in [1.54, 1.807) is 0 Å². The lowest BCUT2D eigenvalue weighted by molar-refractivity contribution is -0.141. The number of amides is 1. The van der Waals surface area contributed by atoms with Gasteiger partial charge in [0.15, 0.2) is 0 Å². The van der Waals surface area contributed by atoms with E-state index in [-0.39, 0.29) is 5.92 Å². The summed E-state index contributed by atoms with van der Waals surface area (Å²) in [5, 5.41) is 2.83. The number of ether oxygens (including phenoxy) is 1. The molecule has 0 bridgehead atoms. The number of benzene rings is 2. The van der Waals surface area contributed by atoms with Crippen molar-refractivity contribution in [1.82, 2.24) is 15.2 Å². The summed E-state index contributed by atoms with van der Waals surface area (Å²) < 4.78 is 5.39. The van der Waals surface area contributed by atoms with Crippen molar-refractivity contribution in [3.8, 4) is 0 Å². The van der Waals surface area contributed by atoms with Crippen LogP contribution in [0.25, 0.3) is 0 Å². The summed E-state index contributed by atoms with van der Waals surface area (Å²) in [6.45, 7) is 7.65. The van der Waals surface area contributed by atoms with Crippen molar-refractivity contribution in [3.05, 3.63) is 58.6 Å². The topological polar surface area (TPSA) is 48.0 Å². The molecule has 2 aromatic carbocycles. The molecular formula is C25H33ClN4O2. The maximum Gasteiger partial charge on any atom is 0.225 e. The Morgan fingerprint density at radius 2 is 1.78 bits per heavy atom. The van der Waals surface area contributed by atoms with E-state index >= 15 is 0 Å². The minimum absolute atomic E-state index is 0.143. The minimum Gasteiger partial charge on any atom is -0.378 e. The monoisotopic (exact) mass is 456 g/mol. The second-order valence-electron chi connectivity index (χ2n) is 8.66. The predicted molar refractivity (Wildman–Crippen MR) is 129 cm³/mol. The van der Waals surface area contributed by atoms with E-state index in [1.165, 1.54) is 11.1 Å². The van der Waals surface area contributed by atoms with Crippen molar-refractivity contribution in [3.63, 3.8) is 0 Å². The van der Waals surface area contributed by atoms with E-state index in [0.717, 1.165) is 62.0 Å². The van der Waals surface area contributed by atoms with Gasteiger partial charge in [-0.25, -0.2) is 5.43 Å². The van der Waals surface area contributed by atoms with Crippen LogP contribution in [0.2, 0.25) is 5.02 Å². The van der Waals surface area contributed by atoms with Gasteiger partial charge in [-0.15, -0.1) is 0 Å². The maximum absolute atomic E-state index is 12.8. The van der Waals surface area contributed by atoms with Crippen molar-refractivity contribution < 1.29 is 9.53 Å². The average Bonchev–Trinajstić information content (AvgIpc) is 2.83. The van der Waals surface area contributed by atoms with Gasteiger partial charge in [-0.2, -0.15) is 0 Å². The molecule has 2 aliphatic rings. The Morgan fingerprint density at radius 1 is 1.09 bits per heavy atom. The average molecular weight is 457 g/mol. The molecule has 1 amide bonds. The minimum atomic E-state index is 0.143. The number of rotatable bonds is 6. The normalized spacial score (nSPS) is 18.0. The molecule has 0 aromatic heterocycles. The second kappa shape index (κ2) is 10.7. The maximum atomic E-state index is 12.8. The van der Waals surface area contributed by atoms with Gasteiger partial charge in [-0.05, 0) is 74.3 Å². The number of morpholine rings is 1. The number of likely N-dealkylation sites (tertiary alicyclic amines) is 1. The van der Waals surface area contributed by atoms with E-state index in [4.69, 9.17) is 16.3 Å².